The van der Waals surface area contributed by atoms with Crippen molar-refractivity contribution < 1.29 is 0 Å². The average molecular weight is 167 g/mol. The Morgan fingerprint density at radius 2 is 2.00 bits per heavy atom. The van der Waals surface area contributed by atoms with E-state index in [4.69, 9.17) is 11.6 Å². The van der Waals surface area contributed by atoms with Gasteiger partial charge in [-0.2, -0.15) is 0 Å². The highest BCUT2D eigenvalue weighted by molar-refractivity contribution is 6.28. The molecule has 0 spiro atoms. The van der Waals surface area contributed by atoms with E-state index < -0.39 is 0 Å². The fraction of sp³-hybridized carbons (Fsp3) is 0. The summed E-state index contributed by atoms with van der Waals surface area (Å²) in [5, 5.41) is 0.215. The van der Waals surface area contributed by atoms with Crippen LogP contribution in [0.25, 0.3) is 11.0 Å². The molecule has 0 N–H and O–H groups in total. The summed E-state index contributed by atoms with van der Waals surface area (Å²) in [6, 6.07) is 0. The van der Waals surface area contributed by atoms with Gasteiger partial charge in [0.25, 0.3) is 0 Å². The number of hydrogen-bond donors (Lipinski definition) is 0. The molecule has 0 aromatic carbocycles. The van der Waals surface area contributed by atoms with Gasteiger partial charge in [-0.25, -0.2) is 19.9 Å². The van der Waals surface area contributed by atoms with Gasteiger partial charge in [0, 0.05) is 0 Å². The monoisotopic (exact) mass is 166 g/mol. The van der Waals surface area contributed by atoms with E-state index in [0.29, 0.717) is 11.0 Å². The van der Waals surface area contributed by atoms with Crippen LogP contribution in [-0.2, 0) is 0 Å². The molecule has 0 saturated heterocycles. The molecule has 4 nitrogen and oxygen atoms in total. The van der Waals surface area contributed by atoms with E-state index in [-0.39, 0.29) is 5.28 Å². The van der Waals surface area contributed by atoms with Gasteiger partial charge in [-0.3, -0.25) is 0 Å². The first-order valence-corrected chi connectivity index (χ1v) is 3.32. The van der Waals surface area contributed by atoms with Crippen LogP contribution >= 0.6 is 11.6 Å². The Hall–Kier alpha value is -1.29. The van der Waals surface area contributed by atoms with Crippen LogP contribution < -0.4 is 0 Å². The molecule has 0 aliphatic carbocycles. The van der Waals surface area contributed by atoms with E-state index in [1.54, 1.807) is 12.4 Å². The lowest BCUT2D eigenvalue weighted by molar-refractivity contribution is 1.15. The molecule has 0 aliphatic rings. The second-order valence-electron chi connectivity index (χ2n) is 1.93. The largest absolute Gasteiger partial charge is 0.243 e. The Labute approximate surface area is 67.3 Å². The summed E-state index contributed by atoms with van der Waals surface area (Å²) in [5.41, 5.74) is 1.36. The molecule has 5 heteroatoms. The fourth-order valence-electron chi connectivity index (χ4n) is 0.760. The maximum Gasteiger partial charge on any atom is 0.223 e. The third-order valence-electron chi connectivity index (χ3n) is 1.23. The minimum Gasteiger partial charge on any atom is -0.243 e. The third kappa shape index (κ3) is 1.12. The molecule has 0 saturated carbocycles. The molecule has 0 unspecified atom stereocenters. The molecule has 0 amide bonds. The highest BCUT2D eigenvalue weighted by Gasteiger charge is 1.95. The quantitative estimate of drug-likeness (QED) is 0.550. The first kappa shape index (κ1) is 6.42. The Morgan fingerprint density at radius 1 is 1.09 bits per heavy atom. The van der Waals surface area contributed by atoms with Gasteiger partial charge in [0.2, 0.25) is 5.28 Å². The van der Waals surface area contributed by atoms with Crippen molar-refractivity contribution in [1.82, 2.24) is 19.9 Å². The predicted molar refractivity (Wildman–Crippen MR) is 40.1 cm³/mol. The average Bonchev–Trinajstić information content (AvgIpc) is 2.04. The van der Waals surface area contributed by atoms with E-state index in [9.17, 15) is 0 Å². The predicted octanol–water partition coefficient (Wildman–Crippen LogP) is 1.07. The van der Waals surface area contributed by atoms with Gasteiger partial charge in [0.05, 0.1) is 12.4 Å². The molecule has 0 radical (unpaired) electrons. The molecule has 54 valence electrons. The van der Waals surface area contributed by atoms with Crippen molar-refractivity contribution in [2.24, 2.45) is 0 Å². The maximum absolute atomic E-state index is 5.54. The molecule has 2 aromatic rings. The summed E-state index contributed by atoms with van der Waals surface area (Å²) < 4.78 is 0. The molecule has 2 heterocycles. The minimum atomic E-state index is 0.215. The van der Waals surface area contributed by atoms with Gasteiger partial charge in [-0.15, -0.1) is 0 Å². The number of aromatic nitrogens is 4. The van der Waals surface area contributed by atoms with Crippen molar-refractivity contribution in [2.45, 2.75) is 0 Å². The first-order chi connectivity index (χ1) is 5.36. The van der Waals surface area contributed by atoms with Crippen molar-refractivity contribution in [1.29, 1.82) is 0 Å². The molecular weight excluding hydrogens is 164 g/mol. The summed E-state index contributed by atoms with van der Waals surface area (Å²) in [7, 11) is 0. The first-order valence-electron chi connectivity index (χ1n) is 2.94. The van der Waals surface area contributed by atoms with Gasteiger partial charge in [0.1, 0.15) is 17.4 Å². The minimum absolute atomic E-state index is 0.215. The van der Waals surface area contributed by atoms with Gasteiger partial charge in [-0.1, -0.05) is 0 Å². The van der Waals surface area contributed by atoms with E-state index in [1.165, 1.54) is 6.33 Å². The second kappa shape index (κ2) is 2.39. The van der Waals surface area contributed by atoms with E-state index >= 15 is 0 Å². The standard InChI is InChI=1S/C6H3ClN4/c7-6-9-2-4-5(11-6)1-8-3-10-4/h1-3H. The molecule has 0 atom stereocenters. The summed E-state index contributed by atoms with van der Waals surface area (Å²) in [6.45, 7) is 0. The second-order valence-corrected chi connectivity index (χ2v) is 2.27. The van der Waals surface area contributed by atoms with Gasteiger partial charge in [0.15, 0.2) is 0 Å². The smallest absolute Gasteiger partial charge is 0.223 e. The Morgan fingerprint density at radius 3 is 2.91 bits per heavy atom. The highest BCUT2D eigenvalue weighted by Crippen LogP contribution is 2.07. The van der Waals surface area contributed by atoms with Crippen LogP contribution in [0.4, 0.5) is 0 Å². The van der Waals surface area contributed by atoms with Crippen molar-refractivity contribution in [3.63, 3.8) is 0 Å². The number of fused-ring (bicyclic) bond motifs is 1. The zero-order chi connectivity index (χ0) is 7.68. The van der Waals surface area contributed by atoms with Crippen LogP contribution in [0.15, 0.2) is 18.7 Å². The SMILES string of the molecule is Clc1ncc2ncncc2n1. The van der Waals surface area contributed by atoms with E-state index in [2.05, 4.69) is 19.9 Å². The molecule has 11 heavy (non-hydrogen) atoms. The molecule has 0 bridgehead atoms. The lowest BCUT2D eigenvalue weighted by Crippen LogP contribution is -1.87. The molecular formula is C6H3ClN4. The van der Waals surface area contributed by atoms with Gasteiger partial charge >= 0.3 is 0 Å². The van der Waals surface area contributed by atoms with Crippen molar-refractivity contribution >= 4 is 22.6 Å². The number of rotatable bonds is 0. The van der Waals surface area contributed by atoms with Crippen LogP contribution in [0.1, 0.15) is 0 Å². The number of halogens is 1. The van der Waals surface area contributed by atoms with Crippen molar-refractivity contribution in [3.05, 3.63) is 24.0 Å². The van der Waals surface area contributed by atoms with Crippen molar-refractivity contribution in [3.8, 4) is 0 Å². The Balaban J connectivity index is 2.83. The normalized spacial score (nSPS) is 10.3. The topological polar surface area (TPSA) is 51.6 Å². The van der Waals surface area contributed by atoms with E-state index in [1.807, 2.05) is 0 Å². The Kier molecular flexibility index (Phi) is 1.40. The summed E-state index contributed by atoms with van der Waals surface area (Å²) in [5.74, 6) is 0. The number of nitrogens with zero attached hydrogens (tertiary/aromatic N) is 4. The van der Waals surface area contributed by atoms with Gasteiger partial charge in [-0.05, 0) is 11.6 Å². The van der Waals surface area contributed by atoms with Crippen LogP contribution in [0.3, 0.4) is 0 Å². The Bertz CT molecular complexity index is 389. The third-order valence-corrected chi connectivity index (χ3v) is 1.41. The summed E-state index contributed by atoms with van der Waals surface area (Å²) >= 11 is 5.54. The molecule has 0 fully saturated rings. The van der Waals surface area contributed by atoms with Crippen LogP contribution in [0.5, 0.6) is 0 Å². The molecule has 2 rings (SSSR count). The zero-order valence-electron chi connectivity index (χ0n) is 5.40. The lowest BCUT2D eigenvalue weighted by Gasteiger charge is -1.92. The molecule has 0 aliphatic heterocycles. The fourth-order valence-corrected chi connectivity index (χ4v) is 0.900. The summed E-state index contributed by atoms with van der Waals surface area (Å²) in [6.07, 6.45) is 4.60. The van der Waals surface area contributed by atoms with Crippen LogP contribution in [-0.4, -0.2) is 19.9 Å². The molecule has 2 aromatic heterocycles. The van der Waals surface area contributed by atoms with Crippen LogP contribution in [0, 0.1) is 0 Å². The highest BCUT2D eigenvalue weighted by atomic mass is 35.5. The van der Waals surface area contributed by atoms with Crippen molar-refractivity contribution in [2.75, 3.05) is 0 Å². The maximum atomic E-state index is 5.54. The number of hydrogen-bond acceptors (Lipinski definition) is 4. The van der Waals surface area contributed by atoms with Gasteiger partial charge < -0.3 is 0 Å². The lowest BCUT2D eigenvalue weighted by atomic mass is 10.4. The summed E-state index contributed by atoms with van der Waals surface area (Å²) in [4.78, 5) is 15.4. The van der Waals surface area contributed by atoms with Crippen LogP contribution in [0.2, 0.25) is 5.28 Å². The van der Waals surface area contributed by atoms with E-state index in [0.717, 1.165) is 0 Å². The zero-order valence-corrected chi connectivity index (χ0v) is 6.15.